The number of carbonyl (C=O) groups is 2. The molecule has 33 heavy (non-hydrogen) atoms. The second kappa shape index (κ2) is 10.5. The van der Waals surface area contributed by atoms with Crippen LogP contribution in [0.4, 0.5) is 0 Å². The van der Waals surface area contributed by atoms with Crippen LogP contribution >= 0.6 is 23.2 Å². The van der Waals surface area contributed by atoms with E-state index < -0.39 is 11.5 Å². The Bertz CT molecular complexity index is 999. The number of hydrogen-bond donors (Lipinski definition) is 2. The van der Waals surface area contributed by atoms with Crippen LogP contribution in [0.1, 0.15) is 42.4 Å². The molecule has 7 heteroatoms. The Morgan fingerprint density at radius 1 is 1.06 bits per heavy atom. The minimum absolute atomic E-state index is 0.152. The fourth-order valence-electron chi connectivity index (χ4n) is 4.55. The summed E-state index contributed by atoms with van der Waals surface area (Å²) in [5.74, 6) is -0.306. The lowest BCUT2D eigenvalue weighted by Gasteiger charge is -2.24. The van der Waals surface area contributed by atoms with Gasteiger partial charge in [0.2, 0.25) is 11.8 Å². The first kappa shape index (κ1) is 24.1. The maximum atomic E-state index is 13.4. The summed E-state index contributed by atoms with van der Waals surface area (Å²) in [6, 6.07) is 12.7. The van der Waals surface area contributed by atoms with E-state index in [4.69, 9.17) is 23.2 Å². The first-order valence-corrected chi connectivity index (χ1v) is 12.5. The zero-order chi connectivity index (χ0) is 23.4. The Hall–Kier alpha value is -2.08. The first-order valence-electron chi connectivity index (χ1n) is 11.7. The maximum Gasteiger partial charge on any atom is 0.242 e. The zero-order valence-corrected chi connectivity index (χ0v) is 20.5. The van der Waals surface area contributed by atoms with Gasteiger partial charge in [0, 0.05) is 29.6 Å². The molecule has 2 fully saturated rings. The summed E-state index contributed by atoms with van der Waals surface area (Å²) in [5, 5.41) is 7.11. The fourth-order valence-corrected chi connectivity index (χ4v) is 5.14. The maximum absolute atomic E-state index is 13.4. The van der Waals surface area contributed by atoms with E-state index in [1.165, 1.54) is 12.8 Å². The smallest absolute Gasteiger partial charge is 0.242 e. The van der Waals surface area contributed by atoms with Crippen LogP contribution in [0.25, 0.3) is 0 Å². The summed E-state index contributed by atoms with van der Waals surface area (Å²) in [6.07, 6.45) is 4.28. The van der Waals surface area contributed by atoms with E-state index in [0.717, 1.165) is 36.3 Å². The van der Waals surface area contributed by atoms with Crippen molar-refractivity contribution in [2.24, 2.45) is 0 Å². The minimum Gasteiger partial charge on any atom is -0.353 e. The molecular weight excluding hydrogens is 457 g/mol. The Morgan fingerprint density at radius 2 is 1.76 bits per heavy atom. The average Bonchev–Trinajstić information content (AvgIpc) is 3.42. The molecule has 5 nitrogen and oxygen atoms in total. The predicted octanol–water partition coefficient (Wildman–Crippen LogP) is 4.27. The van der Waals surface area contributed by atoms with E-state index >= 15 is 0 Å². The van der Waals surface area contributed by atoms with Gasteiger partial charge in [-0.2, -0.15) is 0 Å². The van der Waals surface area contributed by atoms with Crippen molar-refractivity contribution in [1.29, 1.82) is 0 Å². The van der Waals surface area contributed by atoms with Gasteiger partial charge in [-0.15, -0.1) is 0 Å². The highest BCUT2D eigenvalue weighted by atomic mass is 35.5. The molecule has 0 radical (unpaired) electrons. The van der Waals surface area contributed by atoms with E-state index in [0.29, 0.717) is 35.9 Å². The summed E-state index contributed by atoms with van der Waals surface area (Å²) >= 11 is 12.5. The molecule has 0 aromatic heterocycles. The van der Waals surface area contributed by atoms with Crippen LogP contribution in [0.2, 0.25) is 10.0 Å². The van der Waals surface area contributed by atoms with Crippen LogP contribution < -0.4 is 10.6 Å². The topological polar surface area (TPSA) is 61.4 Å². The number of likely N-dealkylation sites (tertiary alicyclic amines) is 1. The quantitative estimate of drug-likeness (QED) is 0.554. The van der Waals surface area contributed by atoms with Crippen molar-refractivity contribution in [2.45, 2.75) is 50.5 Å². The molecule has 2 amide bonds. The Kier molecular flexibility index (Phi) is 7.62. The Morgan fingerprint density at radius 3 is 2.39 bits per heavy atom. The molecule has 1 saturated heterocycles. The van der Waals surface area contributed by atoms with E-state index in [1.807, 2.05) is 37.3 Å². The van der Waals surface area contributed by atoms with Gasteiger partial charge in [-0.25, -0.2) is 0 Å². The van der Waals surface area contributed by atoms with Crippen LogP contribution in [-0.2, 0) is 21.4 Å². The third-order valence-electron chi connectivity index (χ3n) is 6.74. The Labute approximate surface area is 205 Å². The van der Waals surface area contributed by atoms with Crippen molar-refractivity contribution in [3.05, 3.63) is 69.2 Å². The highest BCUT2D eigenvalue weighted by Gasteiger charge is 2.53. The van der Waals surface area contributed by atoms with Crippen LogP contribution in [0.3, 0.4) is 0 Å². The van der Waals surface area contributed by atoms with Crippen molar-refractivity contribution >= 4 is 35.0 Å². The molecule has 2 aromatic rings. The molecule has 2 aromatic carbocycles. The van der Waals surface area contributed by atoms with Crippen LogP contribution in [0, 0.1) is 6.92 Å². The van der Waals surface area contributed by atoms with Gasteiger partial charge >= 0.3 is 0 Å². The zero-order valence-electron chi connectivity index (χ0n) is 19.0. The van der Waals surface area contributed by atoms with Gasteiger partial charge in [-0.05, 0) is 69.0 Å². The van der Waals surface area contributed by atoms with Gasteiger partial charge < -0.3 is 15.5 Å². The molecule has 0 spiro atoms. The number of rotatable bonds is 9. The highest BCUT2D eigenvalue weighted by Crippen LogP contribution is 2.51. The van der Waals surface area contributed by atoms with Crippen LogP contribution in [-0.4, -0.2) is 48.9 Å². The lowest BCUT2D eigenvalue weighted by molar-refractivity contribution is -0.130. The number of hydrogen-bond acceptors (Lipinski definition) is 3. The highest BCUT2D eigenvalue weighted by molar-refractivity contribution is 6.35. The fraction of sp³-hybridized carbons (Fsp3) is 0.462. The number of carbonyl (C=O) groups excluding carboxylic acids is 2. The monoisotopic (exact) mass is 487 g/mol. The second-order valence-electron chi connectivity index (χ2n) is 9.26. The first-order chi connectivity index (χ1) is 15.9. The molecule has 1 unspecified atom stereocenters. The van der Waals surface area contributed by atoms with Gasteiger partial charge in [-0.3, -0.25) is 9.59 Å². The summed E-state index contributed by atoms with van der Waals surface area (Å²) in [5.41, 5.74) is 2.25. The van der Waals surface area contributed by atoms with Gasteiger partial charge in [0.15, 0.2) is 0 Å². The number of nitrogens with zero attached hydrogens (tertiary/aromatic N) is 1. The van der Waals surface area contributed by atoms with Crippen molar-refractivity contribution in [2.75, 3.05) is 26.2 Å². The molecule has 4 rings (SSSR count). The normalized spacial score (nSPS) is 18.0. The molecule has 2 aliphatic rings. The third-order valence-corrected chi connectivity index (χ3v) is 7.29. The van der Waals surface area contributed by atoms with Crippen LogP contribution in [0.15, 0.2) is 42.5 Å². The molecule has 0 bridgehead atoms. The van der Waals surface area contributed by atoms with Gasteiger partial charge in [-0.1, -0.05) is 59.1 Å². The van der Waals surface area contributed by atoms with E-state index in [1.54, 1.807) is 12.1 Å². The van der Waals surface area contributed by atoms with Gasteiger partial charge in [0.05, 0.1) is 5.41 Å². The predicted molar refractivity (Wildman–Crippen MR) is 133 cm³/mol. The van der Waals surface area contributed by atoms with Crippen molar-refractivity contribution in [3.8, 4) is 0 Å². The Balaban J connectivity index is 1.46. The number of nitrogens with one attached hydrogen (secondary N) is 2. The van der Waals surface area contributed by atoms with Gasteiger partial charge in [0.1, 0.15) is 6.04 Å². The molecule has 1 aliphatic heterocycles. The number of benzene rings is 2. The number of halogens is 2. The summed E-state index contributed by atoms with van der Waals surface area (Å²) in [6.45, 7) is 5.61. The standard InChI is InChI=1S/C26H31Cl2N3O2/c1-18-4-6-19(7-5-18)16-23(24(32)29-12-15-31-13-2-3-14-31)30-25(33)26(10-11-26)21-9-8-20(27)17-22(21)28/h4-9,17,23H,2-3,10-16H2,1H3,(H,29,32)(H,30,33). The van der Waals surface area contributed by atoms with E-state index in [2.05, 4.69) is 15.5 Å². The molecule has 1 aliphatic carbocycles. The lowest BCUT2D eigenvalue weighted by Crippen LogP contribution is -2.51. The van der Waals surface area contributed by atoms with Crippen molar-refractivity contribution in [1.82, 2.24) is 15.5 Å². The molecule has 1 saturated carbocycles. The van der Waals surface area contributed by atoms with Crippen molar-refractivity contribution in [3.63, 3.8) is 0 Å². The van der Waals surface area contributed by atoms with E-state index in [9.17, 15) is 9.59 Å². The SMILES string of the molecule is Cc1ccc(CC(NC(=O)C2(c3ccc(Cl)cc3Cl)CC2)C(=O)NCCN2CCCC2)cc1. The van der Waals surface area contributed by atoms with Crippen molar-refractivity contribution < 1.29 is 9.59 Å². The lowest BCUT2D eigenvalue weighted by atomic mass is 9.94. The number of aryl methyl sites for hydroxylation is 1. The molecule has 2 N–H and O–H groups in total. The van der Waals surface area contributed by atoms with Crippen LogP contribution in [0.5, 0.6) is 0 Å². The summed E-state index contributed by atoms with van der Waals surface area (Å²) < 4.78 is 0. The molecular formula is C26H31Cl2N3O2. The largest absolute Gasteiger partial charge is 0.353 e. The summed E-state index contributed by atoms with van der Waals surface area (Å²) in [4.78, 5) is 28.9. The molecule has 1 atom stereocenters. The average molecular weight is 488 g/mol. The minimum atomic E-state index is -0.691. The third kappa shape index (κ3) is 5.89. The molecule has 176 valence electrons. The second-order valence-corrected chi connectivity index (χ2v) is 10.1. The van der Waals surface area contributed by atoms with Gasteiger partial charge in [0.25, 0.3) is 0 Å². The van der Waals surface area contributed by atoms with E-state index in [-0.39, 0.29) is 11.8 Å². The molecule has 1 heterocycles. The summed E-state index contributed by atoms with van der Waals surface area (Å²) in [7, 11) is 0. The number of amides is 2.